The molecule has 3 rings (SSSR count). The van der Waals surface area contributed by atoms with E-state index in [-0.39, 0.29) is 17.9 Å². The lowest BCUT2D eigenvalue weighted by Gasteiger charge is -2.13. The minimum absolute atomic E-state index is 0.125. The lowest BCUT2D eigenvalue weighted by Crippen LogP contribution is -2.32. The fourth-order valence-corrected chi connectivity index (χ4v) is 3.25. The van der Waals surface area contributed by atoms with Crippen LogP contribution in [0.3, 0.4) is 0 Å². The van der Waals surface area contributed by atoms with Crippen LogP contribution in [0, 0.1) is 6.92 Å². The van der Waals surface area contributed by atoms with E-state index in [2.05, 4.69) is 10.6 Å². The van der Waals surface area contributed by atoms with Crippen molar-refractivity contribution in [1.82, 2.24) is 5.32 Å². The second-order valence-electron chi connectivity index (χ2n) is 6.40. The Labute approximate surface area is 152 Å². The van der Waals surface area contributed by atoms with Gasteiger partial charge in [0.2, 0.25) is 0 Å². The first-order valence-electron chi connectivity index (χ1n) is 8.52. The van der Waals surface area contributed by atoms with Gasteiger partial charge in [-0.1, -0.05) is 36.6 Å². The molecule has 4 nitrogen and oxygen atoms in total. The van der Waals surface area contributed by atoms with Gasteiger partial charge in [-0.15, -0.1) is 0 Å². The van der Waals surface area contributed by atoms with Gasteiger partial charge in [-0.25, -0.2) is 0 Å². The summed E-state index contributed by atoms with van der Waals surface area (Å²) in [6.45, 7) is 1.85. The van der Waals surface area contributed by atoms with Crippen LogP contribution < -0.4 is 10.6 Å². The molecule has 0 bridgehead atoms. The zero-order valence-corrected chi connectivity index (χ0v) is 14.9. The number of nitrogens with one attached hydrogen (secondary N) is 2. The average Bonchev–Trinajstić information content (AvgIpc) is 3.12. The van der Waals surface area contributed by atoms with E-state index < -0.39 is 0 Å². The number of benzene rings is 2. The van der Waals surface area contributed by atoms with E-state index in [0.717, 1.165) is 31.2 Å². The minimum Gasteiger partial charge on any atom is -0.349 e. The van der Waals surface area contributed by atoms with Gasteiger partial charge in [0.05, 0.1) is 0 Å². The molecule has 25 heavy (non-hydrogen) atoms. The second-order valence-corrected chi connectivity index (χ2v) is 6.81. The van der Waals surface area contributed by atoms with Gasteiger partial charge < -0.3 is 10.6 Å². The molecule has 1 saturated carbocycles. The number of rotatable bonds is 4. The van der Waals surface area contributed by atoms with E-state index >= 15 is 0 Å². The lowest BCUT2D eigenvalue weighted by atomic mass is 10.1. The maximum absolute atomic E-state index is 12.5. The first kappa shape index (κ1) is 17.5. The molecule has 130 valence electrons. The fourth-order valence-electron chi connectivity index (χ4n) is 3.08. The normalized spacial score (nSPS) is 14.3. The Balaban J connectivity index is 1.72. The van der Waals surface area contributed by atoms with E-state index in [9.17, 15) is 9.59 Å². The fraction of sp³-hybridized carbons (Fsp3) is 0.300. The summed E-state index contributed by atoms with van der Waals surface area (Å²) >= 11 is 6.09. The Kier molecular flexibility index (Phi) is 5.39. The van der Waals surface area contributed by atoms with Gasteiger partial charge in [-0.3, -0.25) is 9.59 Å². The second kappa shape index (κ2) is 7.70. The number of hydrogen-bond donors (Lipinski definition) is 2. The number of halogens is 1. The molecule has 1 aliphatic carbocycles. The van der Waals surface area contributed by atoms with Crippen LogP contribution in [-0.2, 0) is 0 Å². The van der Waals surface area contributed by atoms with Crippen LogP contribution >= 0.6 is 11.6 Å². The first-order valence-corrected chi connectivity index (χ1v) is 8.90. The van der Waals surface area contributed by atoms with Gasteiger partial charge in [0, 0.05) is 27.9 Å². The maximum Gasteiger partial charge on any atom is 0.255 e. The molecule has 0 aromatic heterocycles. The van der Waals surface area contributed by atoms with Gasteiger partial charge in [0.25, 0.3) is 11.8 Å². The lowest BCUT2D eigenvalue weighted by molar-refractivity contribution is 0.0938. The topological polar surface area (TPSA) is 58.2 Å². The Morgan fingerprint density at radius 2 is 1.64 bits per heavy atom. The molecular weight excluding hydrogens is 336 g/mol. The third-order valence-electron chi connectivity index (χ3n) is 4.59. The molecule has 5 heteroatoms. The van der Waals surface area contributed by atoms with Crippen LogP contribution in [0.25, 0.3) is 0 Å². The molecule has 0 saturated heterocycles. The van der Waals surface area contributed by atoms with Crippen LogP contribution in [0.2, 0.25) is 5.02 Å². The van der Waals surface area contributed by atoms with Crippen LogP contribution in [0.15, 0.2) is 42.5 Å². The Morgan fingerprint density at radius 1 is 1.00 bits per heavy atom. The van der Waals surface area contributed by atoms with Crippen molar-refractivity contribution in [1.29, 1.82) is 0 Å². The van der Waals surface area contributed by atoms with Crippen molar-refractivity contribution < 1.29 is 9.59 Å². The van der Waals surface area contributed by atoms with Crippen molar-refractivity contribution in [2.75, 3.05) is 5.32 Å². The summed E-state index contributed by atoms with van der Waals surface area (Å²) in [4.78, 5) is 24.9. The van der Waals surface area contributed by atoms with Crippen molar-refractivity contribution in [3.05, 3.63) is 64.2 Å². The Bertz CT molecular complexity index is 798. The zero-order valence-electron chi connectivity index (χ0n) is 14.1. The van der Waals surface area contributed by atoms with Gasteiger partial charge in [0.15, 0.2) is 0 Å². The number of carbonyl (C=O) groups is 2. The summed E-state index contributed by atoms with van der Waals surface area (Å²) in [5, 5.41) is 6.49. The molecule has 0 atom stereocenters. The predicted molar refractivity (Wildman–Crippen MR) is 100 cm³/mol. The Hall–Kier alpha value is -2.33. The smallest absolute Gasteiger partial charge is 0.255 e. The summed E-state index contributed by atoms with van der Waals surface area (Å²) < 4.78 is 0. The highest BCUT2D eigenvalue weighted by Gasteiger charge is 2.18. The van der Waals surface area contributed by atoms with E-state index in [1.165, 1.54) is 0 Å². The van der Waals surface area contributed by atoms with Crippen molar-refractivity contribution in [3.63, 3.8) is 0 Å². The molecule has 0 spiro atoms. The van der Waals surface area contributed by atoms with Crippen molar-refractivity contribution in [3.8, 4) is 0 Å². The largest absolute Gasteiger partial charge is 0.349 e. The van der Waals surface area contributed by atoms with E-state index in [1.807, 2.05) is 6.92 Å². The van der Waals surface area contributed by atoms with Crippen LogP contribution in [0.5, 0.6) is 0 Å². The highest BCUT2D eigenvalue weighted by atomic mass is 35.5. The van der Waals surface area contributed by atoms with Gasteiger partial charge in [-0.05, 0) is 55.7 Å². The van der Waals surface area contributed by atoms with Crippen LogP contribution in [0.1, 0.15) is 52.0 Å². The number of anilines is 1. The highest BCUT2D eigenvalue weighted by Crippen LogP contribution is 2.23. The Morgan fingerprint density at radius 3 is 2.36 bits per heavy atom. The molecule has 0 heterocycles. The quantitative estimate of drug-likeness (QED) is 0.842. The summed E-state index contributed by atoms with van der Waals surface area (Å²) in [6, 6.07) is 12.4. The van der Waals surface area contributed by atoms with E-state index in [1.54, 1.807) is 42.5 Å². The molecule has 2 N–H and O–H groups in total. The van der Waals surface area contributed by atoms with Crippen LogP contribution in [-0.4, -0.2) is 17.9 Å². The molecule has 1 aliphatic rings. The SMILES string of the molecule is Cc1c(Cl)cccc1NC(=O)c1cccc(C(=O)NC2CCCC2)c1. The number of amides is 2. The van der Waals surface area contributed by atoms with Gasteiger partial charge >= 0.3 is 0 Å². The molecule has 1 fully saturated rings. The summed E-state index contributed by atoms with van der Waals surface area (Å²) in [6.07, 6.45) is 4.37. The molecule has 2 amide bonds. The monoisotopic (exact) mass is 356 g/mol. The maximum atomic E-state index is 12.5. The third kappa shape index (κ3) is 4.20. The van der Waals surface area contributed by atoms with Crippen molar-refractivity contribution in [2.24, 2.45) is 0 Å². The first-order chi connectivity index (χ1) is 12.0. The van der Waals surface area contributed by atoms with Crippen molar-refractivity contribution in [2.45, 2.75) is 38.6 Å². The van der Waals surface area contributed by atoms with E-state index in [4.69, 9.17) is 11.6 Å². The molecular formula is C20H21ClN2O2. The molecule has 0 unspecified atom stereocenters. The zero-order chi connectivity index (χ0) is 17.8. The molecule has 0 aliphatic heterocycles. The third-order valence-corrected chi connectivity index (χ3v) is 5.00. The summed E-state index contributed by atoms with van der Waals surface area (Å²) in [5.74, 6) is -0.388. The van der Waals surface area contributed by atoms with Crippen LogP contribution in [0.4, 0.5) is 5.69 Å². The number of carbonyl (C=O) groups excluding carboxylic acids is 2. The summed E-state index contributed by atoms with van der Waals surface area (Å²) in [5.41, 5.74) is 2.42. The van der Waals surface area contributed by atoms with E-state index in [0.29, 0.717) is 21.8 Å². The predicted octanol–water partition coefficient (Wildman–Crippen LogP) is 4.57. The number of hydrogen-bond acceptors (Lipinski definition) is 2. The van der Waals surface area contributed by atoms with Crippen molar-refractivity contribution >= 4 is 29.1 Å². The highest BCUT2D eigenvalue weighted by molar-refractivity contribution is 6.31. The summed E-state index contributed by atoms with van der Waals surface area (Å²) in [7, 11) is 0. The minimum atomic E-state index is -0.263. The average molecular weight is 357 g/mol. The van der Waals surface area contributed by atoms with Gasteiger partial charge in [0.1, 0.15) is 0 Å². The van der Waals surface area contributed by atoms with Gasteiger partial charge in [-0.2, -0.15) is 0 Å². The molecule has 2 aromatic rings. The molecule has 0 radical (unpaired) electrons. The standard InChI is InChI=1S/C20H21ClN2O2/c1-13-17(21)10-5-11-18(13)23-20(25)15-7-4-6-14(12-15)19(24)22-16-8-2-3-9-16/h4-7,10-12,16H,2-3,8-9H2,1H3,(H,22,24)(H,23,25). The molecule has 2 aromatic carbocycles.